The molecule has 9 heteroatoms. The highest BCUT2D eigenvalue weighted by Gasteiger charge is 2.45. The number of carbonyl (C=O) groups excluding carboxylic acids is 1. The smallest absolute Gasteiger partial charge is 0.257 e. The highest BCUT2D eigenvalue weighted by Crippen LogP contribution is 2.42. The molecular weight excluding hydrogens is 580 g/mol. The molecule has 4 heterocycles. The van der Waals surface area contributed by atoms with Gasteiger partial charge in [-0.2, -0.15) is 0 Å². The number of amides is 1. The van der Waals surface area contributed by atoms with Crippen LogP contribution in [-0.4, -0.2) is 86.0 Å². The second-order valence-electron chi connectivity index (χ2n) is 12.1. The van der Waals surface area contributed by atoms with Gasteiger partial charge in [0.1, 0.15) is 12.4 Å². The van der Waals surface area contributed by atoms with E-state index >= 15 is 0 Å². The van der Waals surface area contributed by atoms with Crippen LogP contribution in [0.2, 0.25) is 0 Å². The number of benzene rings is 1. The molecular formula is C32H39BrN6O2. The fraction of sp³-hybridized carbons (Fsp3) is 0.500. The zero-order chi connectivity index (χ0) is 28.7. The molecule has 3 aliphatic rings. The zero-order valence-electron chi connectivity index (χ0n) is 24.4. The number of hydrogen-bond acceptors (Lipinski definition) is 7. The monoisotopic (exact) mass is 618 g/mol. The van der Waals surface area contributed by atoms with Gasteiger partial charge in [-0.25, -0.2) is 15.0 Å². The molecule has 216 valence electrons. The summed E-state index contributed by atoms with van der Waals surface area (Å²) in [6.45, 7) is 13.0. The summed E-state index contributed by atoms with van der Waals surface area (Å²) in [5.74, 6) is 0.744. The molecule has 2 aliphatic heterocycles. The Labute approximate surface area is 251 Å². The first kappa shape index (κ1) is 28.2. The Kier molecular flexibility index (Phi) is 7.87. The Bertz CT molecular complexity index is 1390. The number of piperidine rings is 1. The number of likely N-dealkylation sites (tertiary alicyclic amines) is 1. The lowest BCUT2D eigenvalue weighted by Gasteiger charge is -2.53. The van der Waals surface area contributed by atoms with E-state index in [-0.39, 0.29) is 23.6 Å². The van der Waals surface area contributed by atoms with E-state index in [1.54, 1.807) is 6.20 Å². The number of pyridine rings is 1. The number of rotatable bonds is 5. The number of piperazine rings is 1. The zero-order valence-corrected chi connectivity index (χ0v) is 26.0. The summed E-state index contributed by atoms with van der Waals surface area (Å²) in [5.41, 5.74) is 4.95. The molecule has 0 radical (unpaired) electrons. The van der Waals surface area contributed by atoms with Crippen molar-refractivity contribution in [3.8, 4) is 5.88 Å². The molecule has 8 nitrogen and oxygen atoms in total. The Morgan fingerprint density at radius 2 is 1.78 bits per heavy atom. The summed E-state index contributed by atoms with van der Waals surface area (Å²) in [5, 5.41) is 0. The van der Waals surface area contributed by atoms with Gasteiger partial charge < -0.3 is 9.64 Å². The number of aromatic nitrogens is 3. The van der Waals surface area contributed by atoms with Crippen LogP contribution in [0.3, 0.4) is 0 Å². The Hall–Kier alpha value is -2.88. The van der Waals surface area contributed by atoms with Gasteiger partial charge in [0.25, 0.3) is 5.91 Å². The molecule has 0 unspecified atom stereocenters. The normalized spacial score (nSPS) is 24.7. The van der Waals surface area contributed by atoms with Crippen molar-refractivity contribution in [2.45, 2.75) is 70.7 Å². The molecule has 1 aromatic carbocycles. The van der Waals surface area contributed by atoms with E-state index < -0.39 is 0 Å². The minimum atomic E-state index is 0.0157. The number of fused-ring (bicyclic) bond motifs is 1. The van der Waals surface area contributed by atoms with E-state index in [9.17, 15) is 4.79 Å². The molecule has 2 saturated heterocycles. The molecule has 3 atom stereocenters. The third-order valence-electron chi connectivity index (χ3n) is 9.47. The van der Waals surface area contributed by atoms with Crippen LogP contribution in [0.4, 0.5) is 0 Å². The predicted octanol–water partition coefficient (Wildman–Crippen LogP) is 5.00. The lowest BCUT2D eigenvalue weighted by atomic mass is 9.86. The van der Waals surface area contributed by atoms with Gasteiger partial charge in [-0.05, 0) is 69.9 Å². The molecule has 3 aromatic rings. The van der Waals surface area contributed by atoms with Gasteiger partial charge in [0.05, 0.1) is 23.0 Å². The van der Waals surface area contributed by atoms with Crippen LogP contribution in [-0.2, 0) is 6.42 Å². The maximum absolute atomic E-state index is 13.4. The van der Waals surface area contributed by atoms with Crippen LogP contribution in [0.1, 0.15) is 65.6 Å². The molecule has 1 aliphatic carbocycles. The summed E-state index contributed by atoms with van der Waals surface area (Å²) in [7, 11) is 0. The average molecular weight is 620 g/mol. The van der Waals surface area contributed by atoms with Crippen molar-refractivity contribution in [2.75, 3.05) is 32.7 Å². The number of ether oxygens (including phenoxy) is 1. The van der Waals surface area contributed by atoms with E-state index in [4.69, 9.17) is 4.74 Å². The van der Waals surface area contributed by atoms with Crippen molar-refractivity contribution in [1.82, 2.24) is 29.7 Å². The standard InChI is InChI=1S/C32H39BrN6O2/c1-21-19-38(32(4)10-13-37(14-11-32)31(40)29-22(2)35-20-36-23(29)3)15-16-39(21)30-26-9-8-25(33)17-24(26)18-27(30)41-28-7-5-6-12-34-28/h5-9,12,17,20-21,27,30H,10-11,13-16,18-19H2,1-4H3/t21-,27+,30+/m0/s1. The quantitative estimate of drug-likeness (QED) is 0.398. The highest BCUT2D eigenvalue weighted by atomic mass is 79.9. The first-order valence-corrected chi connectivity index (χ1v) is 15.5. The Morgan fingerprint density at radius 1 is 1.02 bits per heavy atom. The molecule has 0 N–H and O–H groups in total. The Morgan fingerprint density at radius 3 is 2.46 bits per heavy atom. The van der Waals surface area contributed by atoms with Gasteiger partial charge in [0.15, 0.2) is 0 Å². The van der Waals surface area contributed by atoms with E-state index in [1.165, 1.54) is 17.5 Å². The lowest BCUT2D eigenvalue weighted by molar-refractivity contribution is -0.0455. The van der Waals surface area contributed by atoms with E-state index in [1.807, 2.05) is 36.9 Å². The van der Waals surface area contributed by atoms with Gasteiger partial charge in [-0.1, -0.05) is 28.1 Å². The number of hydrogen-bond donors (Lipinski definition) is 0. The largest absolute Gasteiger partial charge is 0.472 e. The van der Waals surface area contributed by atoms with Gasteiger partial charge in [-0.15, -0.1) is 0 Å². The predicted molar refractivity (Wildman–Crippen MR) is 162 cm³/mol. The van der Waals surface area contributed by atoms with E-state index in [2.05, 4.69) is 72.7 Å². The first-order valence-electron chi connectivity index (χ1n) is 14.7. The highest BCUT2D eigenvalue weighted by molar-refractivity contribution is 9.10. The van der Waals surface area contributed by atoms with Crippen molar-refractivity contribution >= 4 is 21.8 Å². The first-order chi connectivity index (χ1) is 19.7. The number of aryl methyl sites for hydroxylation is 2. The molecule has 41 heavy (non-hydrogen) atoms. The maximum atomic E-state index is 13.4. The molecule has 6 rings (SSSR count). The second-order valence-corrected chi connectivity index (χ2v) is 13.0. The van der Waals surface area contributed by atoms with Crippen molar-refractivity contribution in [3.63, 3.8) is 0 Å². The van der Waals surface area contributed by atoms with Crippen molar-refractivity contribution in [2.24, 2.45) is 0 Å². The number of halogens is 1. The lowest BCUT2D eigenvalue weighted by Crippen LogP contribution is -2.63. The molecule has 0 spiro atoms. The van der Waals surface area contributed by atoms with Crippen LogP contribution >= 0.6 is 15.9 Å². The molecule has 2 aromatic heterocycles. The SMILES string of the molecule is Cc1ncnc(C)c1C(=O)N1CCC(C)(N2CCN([C@@H]3c4ccc(Br)cc4C[C@H]3Oc3ccccn3)[C@@H](C)C2)CC1. The van der Waals surface area contributed by atoms with E-state index in [0.29, 0.717) is 17.5 Å². The Balaban J connectivity index is 1.14. The summed E-state index contributed by atoms with van der Waals surface area (Å²) >= 11 is 3.67. The number of nitrogens with zero attached hydrogens (tertiary/aromatic N) is 6. The topological polar surface area (TPSA) is 74.7 Å². The van der Waals surface area contributed by atoms with Crippen LogP contribution in [0.25, 0.3) is 0 Å². The van der Waals surface area contributed by atoms with Crippen LogP contribution in [0.5, 0.6) is 5.88 Å². The molecule has 0 saturated carbocycles. The second kappa shape index (κ2) is 11.4. The van der Waals surface area contributed by atoms with Crippen LogP contribution in [0.15, 0.2) is 53.4 Å². The third kappa shape index (κ3) is 5.51. The molecule has 2 fully saturated rings. The van der Waals surface area contributed by atoms with Crippen molar-refractivity contribution in [1.29, 1.82) is 0 Å². The summed E-state index contributed by atoms with van der Waals surface area (Å²) in [6, 6.07) is 13.1. The van der Waals surface area contributed by atoms with Crippen LogP contribution in [0, 0.1) is 13.8 Å². The fourth-order valence-corrected chi connectivity index (χ4v) is 7.49. The van der Waals surface area contributed by atoms with E-state index in [0.717, 1.165) is 67.8 Å². The number of carbonyl (C=O) groups is 1. The van der Waals surface area contributed by atoms with Gasteiger partial charge in [0, 0.05) is 67.5 Å². The van der Waals surface area contributed by atoms with Crippen LogP contribution < -0.4 is 4.74 Å². The fourth-order valence-electron chi connectivity index (χ4n) is 7.08. The van der Waals surface area contributed by atoms with Crippen molar-refractivity contribution < 1.29 is 9.53 Å². The average Bonchev–Trinajstić information content (AvgIpc) is 3.30. The minimum Gasteiger partial charge on any atom is -0.472 e. The molecule has 0 bridgehead atoms. The third-order valence-corrected chi connectivity index (χ3v) is 9.97. The summed E-state index contributed by atoms with van der Waals surface area (Å²) in [4.78, 5) is 33.7. The summed E-state index contributed by atoms with van der Waals surface area (Å²) < 4.78 is 7.64. The van der Waals surface area contributed by atoms with Gasteiger partial charge >= 0.3 is 0 Å². The maximum Gasteiger partial charge on any atom is 0.257 e. The molecule has 1 amide bonds. The minimum absolute atomic E-state index is 0.0157. The van der Waals surface area contributed by atoms with Gasteiger partial charge in [-0.3, -0.25) is 14.6 Å². The summed E-state index contributed by atoms with van der Waals surface area (Å²) in [6.07, 6.45) is 6.13. The van der Waals surface area contributed by atoms with Crippen molar-refractivity contribution in [3.05, 3.63) is 81.5 Å². The van der Waals surface area contributed by atoms with Gasteiger partial charge in [0.2, 0.25) is 5.88 Å².